The van der Waals surface area contributed by atoms with Gasteiger partial charge in [0.2, 0.25) is 0 Å². The number of hydrogen-bond acceptors (Lipinski definition) is 1. The number of benzene rings is 1. The van der Waals surface area contributed by atoms with E-state index in [9.17, 15) is 8.78 Å². The van der Waals surface area contributed by atoms with E-state index in [0.29, 0.717) is 5.56 Å². The van der Waals surface area contributed by atoms with Gasteiger partial charge in [0.15, 0.2) is 0 Å². The summed E-state index contributed by atoms with van der Waals surface area (Å²) in [7, 11) is 0. The van der Waals surface area contributed by atoms with E-state index < -0.39 is 17.0 Å². The predicted molar refractivity (Wildman–Crippen MR) is 53.0 cm³/mol. The first-order chi connectivity index (χ1) is 6.34. The molecule has 14 heavy (non-hydrogen) atoms. The van der Waals surface area contributed by atoms with Gasteiger partial charge in [-0.05, 0) is 24.6 Å². The third-order valence-corrected chi connectivity index (χ3v) is 2.74. The van der Waals surface area contributed by atoms with Gasteiger partial charge in [0.1, 0.15) is 11.6 Å². The molecule has 1 unspecified atom stereocenters. The molecule has 0 heterocycles. The Morgan fingerprint density at radius 3 is 1.93 bits per heavy atom. The van der Waals surface area contributed by atoms with Crippen molar-refractivity contribution in [1.82, 2.24) is 0 Å². The number of hydrogen-bond donors (Lipinski definition) is 1. The SMILES string of the molecule is CC(N)C(C)(C)c1cc(F)cc(F)c1. The summed E-state index contributed by atoms with van der Waals surface area (Å²) in [6.45, 7) is 5.56. The Bertz CT molecular complexity index is 312. The second kappa shape index (κ2) is 3.65. The maximum absolute atomic E-state index is 12.9. The average molecular weight is 199 g/mol. The van der Waals surface area contributed by atoms with Crippen molar-refractivity contribution in [3.05, 3.63) is 35.4 Å². The highest BCUT2D eigenvalue weighted by Crippen LogP contribution is 2.27. The van der Waals surface area contributed by atoms with Crippen LogP contribution in [0, 0.1) is 11.6 Å². The highest BCUT2D eigenvalue weighted by Gasteiger charge is 2.26. The first-order valence-electron chi connectivity index (χ1n) is 4.56. The third kappa shape index (κ3) is 2.10. The lowest BCUT2D eigenvalue weighted by atomic mass is 9.79. The van der Waals surface area contributed by atoms with Crippen molar-refractivity contribution in [3.8, 4) is 0 Å². The van der Waals surface area contributed by atoms with E-state index in [0.717, 1.165) is 6.07 Å². The normalized spacial score (nSPS) is 14.1. The molecule has 0 bridgehead atoms. The standard InChI is InChI=1S/C11H15F2N/c1-7(14)11(2,3)8-4-9(12)6-10(13)5-8/h4-7H,14H2,1-3H3. The Hall–Kier alpha value is -0.960. The van der Waals surface area contributed by atoms with Crippen LogP contribution in [0.5, 0.6) is 0 Å². The Labute approximate surface area is 82.9 Å². The predicted octanol–water partition coefficient (Wildman–Crippen LogP) is 2.59. The fourth-order valence-electron chi connectivity index (χ4n) is 1.19. The monoisotopic (exact) mass is 199 g/mol. The molecule has 0 radical (unpaired) electrons. The molecular formula is C11H15F2N. The molecule has 0 saturated heterocycles. The van der Waals surface area contributed by atoms with Gasteiger partial charge in [-0.15, -0.1) is 0 Å². The van der Waals surface area contributed by atoms with E-state index in [1.807, 2.05) is 20.8 Å². The first kappa shape index (κ1) is 11.1. The van der Waals surface area contributed by atoms with Gasteiger partial charge in [-0.2, -0.15) is 0 Å². The zero-order valence-corrected chi connectivity index (χ0v) is 8.64. The van der Waals surface area contributed by atoms with E-state index >= 15 is 0 Å². The minimum Gasteiger partial charge on any atom is -0.327 e. The van der Waals surface area contributed by atoms with Gasteiger partial charge >= 0.3 is 0 Å². The molecule has 0 saturated carbocycles. The Morgan fingerprint density at radius 1 is 1.14 bits per heavy atom. The van der Waals surface area contributed by atoms with Crippen LogP contribution >= 0.6 is 0 Å². The van der Waals surface area contributed by atoms with Gasteiger partial charge in [-0.3, -0.25) is 0 Å². The molecule has 1 aromatic carbocycles. The van der Waals surface area contributed by atoms with E-state index in [-0.39, 0.29) is 6.04 Å². The van der Waals surface area contributed by atoms with Crippen molar-refractivity contribution in [2.24, 2.45) is 5.73 Å². The first-order valence-corrected chi connectivity index (χ1v) is 4.56. The second-order valence-corrected chi connectivity index (χ2v) is 4.17. The molecule has 0 aliphatic rings. The summed E-state index contributed by atoms with van der Waals surface area (Å²) < 4.78 is 25.9. The molecule has 1 atom stereocenters. The fourth-order valence-corrected chi connectivity index (χ4v) is 1.19. The largest absolute Gasteiger partial charge is 0.327 e. The van der Waals surface area contributed by atoms with Crippen LogP contribution in [0.25, 0.3) is 0 Å². The van der Waals surface area contributed by atoms with Crippen molar-refractivity contribution < 1.29 is 8.78 Å². The maximum Gasteiger partial charge on any atom is 0.126 e. The molecular weight excluding hydrogens is 184 g/mol. The van der Waals surface area contributed by atoms with Crippen LogP contribution in [0.3, 0.4) is 0 Å². The molecule has 3 heteroatoms. The van der Waals surface area contributed by atoms with Crippen LogP contribution in [0.4, 0.5) is 8.78 Å². The average Bonchev–Trinajstić information content (AvgIpc) is 2.01. The second-order valence-electron chi connectivity index (χ2n) is 4.17. The fraction of sp³-hybridized carbons (Fsp3) is 0.455. The van der Waals surface area contributed by atoms with Crippen LogP contribution in [0.15, 0.2) is 18.2 Å². The smallest absolute Gasteiger partial charge is 0.126 e. The molecule has 0 spiro atoms. The summed E-state index contributed by atoms with van der Waals surface area (Å²) in [5.41, 5.74) is 5.92. The summed E-state index contributed by atoms with van der Waals surface area (Å²) >= 11 is 0. The Morgan fingerprint density at radius 2 is 1.57 bits per heavy atom. The molecule has 1 aromatic rings. The van der Waals surface area contributed by atoms with Crippen molar-refractivity contribution in [1.29, 1.82) is 0 Å². The van der Waals surface area contributed by atoms with E-state index in [2.05, 4.69) is 0 Å². The van der Waals surface area contributed by atoms with Crippen LogP contribution in [0.2, 0.25) is 0 Å². The zero-order valence-electron chi connectivity index (χ0n) is 8.64. The summed E-state index contributed by atoms with van der Waals surface area (Å²) in [6.07, 6.45) is 0. The van der Waals surface area contributed by atoms with Crippen LogP contribution in [0.1, 0.15) is 26.3 Å². The summed E-state index contributed by atoms with van der Waals surface area (Å²) in [5.74, 6) is -1.12. The summed E-state index contributed by atoms with van der Waals surface area (Å²) in [5, 5.41) is 0. The maximum atomic E-state index is 12.9. The van der Waals surface area contributed by atoms with E-state index in [1.165, 1.54) is 12.1 Å². The molecule has 78 valence electrons. The number of rotatable bonds is 2. The van der Waals surface area contributed by atoms with Crippen LogP contribution in [-0.2, 0) is 5.41 Å². The molecule has 1 nitrogen and oxygen atoms in total. The van der Waals surface area contributed by atoms with Crippen molar-refractivity contribution in [2.45, 2.75) is 32.2 Å². The lowest BCUT2D eigenvalue weighted by Crippen LogP contribution is -2.38. The zero-order chi connectivity index (χ0) is 10.9. The van der Waals surface area contributed by atoms with Gasteiger partial charge in [0.05, 0.1) is 0 Å². The van der Waals surface area contributed by atoms with Gasteiger partial charge in [0.25, 0.3) is 0 Å². The van der Waals surface area contributed by atoms with Crippen molar-refractivity contribution in [2.75, 3.05) is 0 Å². The minimum atomic E-state index is -0.561. The van der Waals surface area contributed by atoms with E-state index in [4.69, 9.17) is 5.73 Å². The molecule has 0 fully saturated rings. The highest BCUT2D eigenvalue weighted by atomic mass is 19.1. The minimum absolute atomic E-state index is 0.163. The Kier molecular flexibility index (Phi) is 2.90. The lowest BCUT2D eigenvalue weighted by molar-refractivity contribution is 0.428. The van der Waals surface area contributed by atoms with Crippen molar-refractivity contribution >= 4 is 0 Å². The molecule has 0 aromatic heterocycles. The van der Waals surface area contributed by atoms with Crippen LogP contribution < -0.4 is 5.73 Å². The molecule has 1 rings (SSSR count). The van der Waals surface area contributed by atoms with Gasteiger partial charge in [-0.25, -0.2) is 8.78 Å². The molecule has 0 aliphatic heterocycles. The third-order valence-electron chi connectivity index (χ3n) is 2.74. The van der Waals surface area contributed by atoms with Crippen molar-refractivity contribution in [3.63, 3.8) is 0 Å². The van der Waals surface area contributed by atoms with Gasteiger partial charge in [0, 0.05) is 17.5 Å². The highest BCUT2D eigenvalue weighted by molar-refractivity contribution is 5.27. The molecule has 0 amide bonds. The summed E-state index contributed by atoms with van der Waals surface area (Å²) in [4.78, 5) is 0. The lowest BCUT2D eigenvalue weighted by Gasteiger charge is -2.29. The van der Waals surface area contributed by atoms with Gasteiger partial charge < -0.3 is 5.73 Å². The molecule has 0 aliphatic carbocycles. The van der Waals surface area contributed by atoms with Crippen LogP contribution in [-0.4, -0.2) is 6.04 Å². The molecule has 2 N–H and O–H groups in total. The van der Waals surface area contributed by atoms with Gasteiger partial charge in [-0.1, -0.05) is 13.8 Å². The van der Waals surface area contributed by atoms with E-state index in [1.54, 1.807) is 0 Å². The number of nitrogens with two attached hydrogens (primary N) is 1. The topological polar surface area (TPSA) is 26.0 Å². The summed E-state index contributed by atoms with van der Waals surface area (Å²) in [6, 6.07) is 3.35. The quantitative estimate of drug-likeness (QED) is 0.778. The number of halogens is 2. The Balaban J connectivity index is 3.18.